The quantitative estimate of drug-likeness (QED) is 0.531. The lowest BCUT2D eigenvalue weighted by Crippen LogP contribution is -2.31. The van der Waals surface area contributed by atoms with E-state index in [1.54, 1.807) is 45.3 Å². The third-order valence-electron chi connectivity index (χ3n) is 4.46. The third kappa shape index (κ3) is 4.92. The maximum atomic E-state index is 13.4. The molecule has 1 unspecified atom stereocenters. The fraction of sp³-hybridized carbons (Fsp3) is 0.250. The molecule has 29 heavy (non-hydrogen) atoms. The molecule has 0 aliphatic heterocycles. The van der Waals surface area contributed by atoms with Crippen molar-refractivity contribution in [2.45, 2.75) is 18.2 Å². The third-order valence-corrected chi connectivity index (χ3v) is 5.27. The first-order valence-electron chi connectivity index (χ1n) is 8.70. The van der Waals surface area contributed by atoms with Gasteiger partial charge in [-0.25, -0.2) is 8.78 Å². The standard InChI is InChI=1S/C20H19F2N3O3S/c1-12(14-6-9-16(21)17(22)10-14)25(2)18(26)11-29-20-24-23-19(28-20)13-4-7-15(27-3)8-5-13/h4-10,12H,11H2,1-3H3. The molecule has 152 valence electrons. The molecule has 1 atom stereocenters. The van der Waals surface area contributed by atoms with Gasteiger partial charge in [-0.3, -0.25) is 4.79 Å². The maximum absolute atomic E-state index is 13.4. The zero-order valence-corrected chi connectivity index (χ0v) is 16.9. The molecular weight excluding hydrogens is 400 g/mol. The second-order valence-corrected chi connectivity index (χ2v) is 7.17. The van der Waals surface area contributed by atoms with Gasteiger partial charge in [-0.05, 0) is 48.9 Å². The summed E-state index contributed by atoms with van der Waals surface area (Å²) in [6.45, 7) is 1.74. The van der Waals surface area contributed by atoms with E-state index in [2.05, 4.69) is 10.2 Å². The van der Waals surface area contributed by atoms with E-state index >= 15 is 0 Å². The lowest BCUT2D eigenvalue weighted by atomic mass is 10.1. The Balaban J connectivity index is 1.59. The van der Waals surface area contributed by atoms with Crippen LogP contribution in [0.5, 0.6) is 5.75 Å². The molecule has 9 heteroatoms. The van der Waals surface area contributed by atoms with Crippen LogP contribution in [0.1, 0.15) is 18.5 Å². The molecule has 0 radical (unpaired) electrons. The highest BCUT2D eigenvalue weighted by Crippen LogP contribution is 2.26. The molecule has 1 heterocycles. The van der Waals surface area contributed by atoms with E-state index in [1.807, 2.05) is 0 Å². The molecule has 1 amide bonds. The van der Waals surface area contributed by atoms with Crippen LogP contribution in [-0.2, 0) is 4.79 Å². The fourth-order valence-electron chi connectivity index (χ4n) is 2.56. The summed E-state index contributed by atoms with van der Waals surface area (Å²) >= 11 is 1.11. The van der Waals surface area contributed by atoms with Gasteiger partial charge >= 0.3 is 0 Å². The normalized spacial score (nSPS) is 11.9. The molecular formula is C20H19F2N3O3S. The van der Waals surface area contributed by atoms with E-state index in [0.29, 0.717) is 17.2 Å². The van der Waals surface area contributed by atoms with Gasteiger partial charge in [-0.15, -0.1) is 10.2 Å². The fourth-order valence-corrected chi connectivity index (χ4v) is 3.24. The lowest BCUT2D eigenvalue weighted by molar-refractivity contribution is -0.128. The maximum Gasteiger partial charge on any atom is 0.277 e. The molecule has 2 aromatic carbocycles. The molecule has 0 bridgehead atoms. The molecule has 0 saturated carbocycles. The van der Waals surface area contributed by atoms with Crippen LogP contribution in [0.25, 0.3) is 11.5 Å². The van der Waals surface area contributed by atoms with Crippen molar-refractivity contribution in [1.29, 1.82) is 0 Å². The molecule has 0 aliphatic carbocycles. The first kappa shape index (κ1) is 20.8. The highest BCUT2D eigenvalue weighted by molar-refractivity contribution is 7.99. The number of hydrogen-bond acceptors (Lipinski definition) is 6. The summed E-state index contributed by atoms with van der Waals surface area (Å²) in [5.74, 6) is -0.959. The minimum absolute atomic E-state index is 0.0642. The van der Waals surface area contributed by atoms with E-state index in [1.165, 1.54) is 11.0 Å². The van der Waals surface area contributed by atoms with E-state index in [9.17, 15) is 13.6 Å². The van der Waals surface area contributed by atoms with Crippen LogP contribution in [0.4, 0.5) is 8.78 Å². The number of aromatic nitrogens is 2. The zero-order valence-electron chi connectivity index (χ0n) is 16.1. The Hall–Kier alpha value is -2.94. The summed E-state index contributed by atoms with van der Waals surface area (Å²) in [6, 6.07) is 10.3. The summed E-state index contributed by atoms with van der Waals surface area (Å²) < 4.78 is 37.2. The molecule has 0 fully saturated rings. The topological polar surface area (TPSA) is 68.5 Å². The number of nitrogens with zero attached hydrogens (tertiary/aromatic N) is 3. The van der Waals surface area contributed by atoms with Crippen LogP contribution in [-0.4, -0.2) is 40.9 Å². The number of benzene rings is 2. The summed E-state index contributed by atoms with van der Waals surface area (Å²) in [5, 5.41) is 8.19. The average Bonchev–Trinajstić information content (AvgIpc) is 3.22. The first-order valence-corrected chi connectivity index (χ1v) is 9.69. The predicted octanol–water partition coefficient (Wildman–Crippen LogP) is 4.34. The van der Waals surface area contributed by atoms with Crippen molar-refractivity contribution >= 4 is 17.7 Å². The van der Waals surface area contributed by atoms with Crippen LogP contribution >= 0.6 is 11.8 Å². The number of ether oxygens (including phenoxy) is 1. The van der Waals surface area contributed by atoms with Crippen molar-refractivity contribution in [3.05, 3.63) is 59.7 Å². The SMILES string of the molecule is COc1ccc(-c2nnc(SCC(=O)N(C)C(C)c3ccc(F)c(F)c3)o2)cc1. The summed E-state index contributed by atoms with van der Waals surface area (Å²) in [7, 11) is 3.18. The van der Waals surface area contributed by atoms with E-state index in [0.717, 1.165) is 29.5 Å². The number of thioether (sulfide) groups is 1. The van der Waals surface area contributed by atoms with Gasteiger partial charge in [-0.2, -0.15) is 0 Å². The van der Waals surface area contributed by atoms with E-state index in [-0.39, 0.29) is 16.9 Å². The molecule has 3 rings (SSSR count). The number of rotatable bonds is 7. The van der Waals surface area contributed by atoms with E-state index < -0.39 is 17.7 Å². The number of halogens is 2. The molecule has 0 N–H and O–H groups in total. The number of amides is 1. The van der Waals surface area contributed by atoms with Gasteiger partial charge in [0.05, 0.1) is 18.9 Å². The Morgan fingerprint density at radius 2 is 1.90 bits per heavy atom. The molecule has 0 spiro atoms. The Morgan fingerprint density at radius 1 is 1.17 bits per heavy atom. The van der Waals surface area contributed by atoms with Crippen LogP contribution in [0, 0.1) is 11.6 Å². The number of hydrogen-bond donors (Lipinski definition) is 0. The van der Waals surface area contributed by atoms with Crippen LogP contribution in [0.15, 0.2) is 52.1 Å². The van der Waals surface area contributed by atoms with Crippen molar-refractivity contribution in [3.8, 4) is 17.2 Å². The van der Waals surface area contributed by atoms with Gasteiger partial charge in [0.2, 0.25) is 11.8 Å². The van der Waals surface area contributed by atoms with Crippen molar-refractivity contribution < 1.29 is 22.7 Å². The molecule has 0 aliphatic rings. The Morgan fingerprint density at radius 3 is 2.55 bits per heavy atom. The van der Waals surface area contributed by atoms with Gasteiger partial charge in [0, 0.05) is 12.6 Å². The lowest BCUT2D eigenvalue weighted by Gasteiger charge is -2.25. The predicted molar refractivity (Wildman–Crippen MR) is 105 cm³/mol. The number of carbonyl (C=O) groups is 1. The van der Waals surface area contributed by atoms with Crippen LogP contribution in [0.2, 0.25) is 0 Å². The largest absolute Gasteiger partial charge is 0.497 e. The van der Waals surface area contributed by atoms with Gasteiger partial charge in [0.1, 0.15) is 5.75 Å². The average molecular weight is 419 g/mol. The van der Waals surface area contributed by atoms with Gasteiger partial charge in [0.25, 0.3) is 5.22 Å². The van der Waals surface area contributed by atoms with Crippen molar-refractivity contribution in [3.63, 3.8) is 0 Å². The van der Waals surface area contributed by atoms with Crippen molar-refractivity contribution in [2.24, 2.45) is 0 Å². The Bertz CT molecular complexity index is 995. The number of carbonyl (C=O) groups excluding carboxylic acids is 1. The highest BCUT2D eigenvalue weighted by atomic mass is 32.2. The molecule has 3 aromatic rings. The monoisotopic (exact) mass is 419 g/mol. The summed E-state index contributed by atoms with van der Waals surface area (Å²) in [6.07, 6.45) is 0. The Labute approximate surface area is 170 Å². The van der Waals surface area contributed by atoms with Crippen molar-refractivity contribution in [1.82, 2.24) is 15.1 Å². The molecule has 0 saturated heterocycles. The minimum atomic E-state index is -0.943. The van der Waals surface area contributed by atoms with Crippen LogP contribution < -0.4 is 4.74 Å². The number of methoxy groups -OCH3 is 1. The minimum Gasteiger partial charge on any atom is -0.497 e. The van der Waals surface area contributed by atoms with Gasteiger partial charge < -0.3 is 14.1 Å². The second-order valence-electron chi connectivity index (χ2n) is 6.24. The van der Waals surface area contributed by atoms with Gasteiger partial charge in [0.15, 0.2) is 11.6 Å². The zero-order chi connectivity index (χ0) is 21.0. The smallest absolute Gasteiger partial charge is 0.277 e. The summed E-state index contributed by atoms with van der Waals surface area (Å²) in [5.41, 5.74) is 1.24. The van der Waals surface area contributed by atoms with E-state index in [4.69, 9.17) is 9.15 Å². The summed E-state index contributed by atoms with van der Waals surface area (Å²) in [4.78, 5) is 13.9. The Kier molecular flexibility index (Phi) is 6.48. The van der Waals surface area contributed by atoms with Gasteiger partial charge in [-0.1, -0.05) is 17.8 Å². The second kappa shape index (κ2) is 9.04. The molecule has 6 nitrogen and oxygen atoms in total. The first-order chi connectivity index (χ1) is 13.9. The van der Waals surface area contributed by atoms with Crippen molar-refractivity contribution in [2.75, 3.05) is 19.9 Å². The molecule has 1 aromatic heterocycles. The highest BCUT2D eigenvalue weighted by Gasteiger charge is 2.20. The van der Waals surface area contributed by atoms with Crippen LogP contribution in [0.3, 0.4) is 0 Å².